The molecule has 1 heterocycles. The van der Waals surface area contributed by atoms with E-state index in [-0.39, 0.29) is 24.3 Å². The first-order valence-electron chi connectivity index (χ1n) is 8.26. The van der Waals surface area contributed by atoms with Crippen molar-refractivity contribution >= 4 is 17.8 Å². The van der Waals surface area contributed by atoms with E-state index < -0.39 is 11.5 Å². The third-order valence-electron chi connectivity index (χ3n) is 4.48. The molecule has 1 fully saturated rings. The molecule has 7 nitrogen and oxygen atoms in total. The SMILES string of the molecule is COCC(C)(NC(=O)C1CCN(C(=O)c2ccccc2)CC1)C(=O)O. The minimum Gasteiger partial charge on any atom is -0.479 e. The summed E-state index contributed by atoms with van der Waals surface area (Å²) < 4.78 is 4.91. The zero-order valence-corrected chi connectivity index (χ0v) is 14.5. The lowest BCUT2D eigenvalue weighted by Crippen LogP contribution is -2.57. The van der Waals surface area contributed by atoms with Gasteiger partial charge in [-0.05, 0) is 31.9 Å². The summed E-state index contributed by atoms with van der Waals surface area (Å²) in [4.78, 5) is 37.9. The number of ether oxygens (including phenoxy) is 1. The van der Waals surface area contributed by atoms with E-state index in [9.17, 15) is 19.5 Å². The second-order valence-electron chi connectivity index (χ2n) is 6.49. The van der Waals surface area contributed by atoms with E-state index in [1.165, 1.54) is 14.0 Å². The van der Waals surface area contributed by atoms with Gasteiger partial charge in [-0.15, -0.1) is 0 Å². The van der Waals surface area contributed by atoms with Crippen LogP contribution in [0.3, 0.4) is 0 Å². The number of nitrogens with zero attached hydrogens (tertiary/aromatic N) is 1. The van der Waals surface area contributed by atoms with Crippen LogP contribution in [0.4, 0.5) is 0 Å². The van der Waals surface area contributed by atoms with Crippen LogP contribution in [-0.2, 0) is 14.3 Å². The molecule has 1 atom stereocenters. The van der Waals surface area contributed by atoms with E-state index in [0.29, 0.717) is 31.5 Å². The standard InChI is InChI=1S/C18H24N2O5/c1-18(12-25-2,17(23)24)19-15(21)13-8-10-20(11-9-13)16(22)14-6-4-3-5-7-14/h3-7,13H,8-12H2,1-2H3,(H,19,21)(H,23,24). The van der Waals surface area contributed by atoms with Gasteiger partial charge in [-0.1, -0.05) is 18.2 Å². The Morgan fingerprint density at radius 1 is 1.24 bits per heavy atom. The van der Waals surface area contributed by atoms with Crippen molar-refractivity contribution in [3.8, 4) is 0 Å². The van der Waals surface area contributed by atoms with Gasteiger partial charge in [0.05, 0.1) is 6.61 Å². The van der Waals surface area contributed by atoms with Gasteiger partial charge in [0.25, 0.3) is 5.91 Å². The third-order valence-corrected chi connectivity index (χ3v) is 4.48. The molecule has 2 amide bonds. The van der Waals surface area contributed by atoms with Crippen molar-refractivity contribution < 1.29 is 24.2 Å². The Bertz CT molecular complexity index is 626. The lowest BCUT2D eigenvalue weighted by atomic mass is 9.93. The highest BCUT2D eigenvalue weighted by molar-refractivity contribution is 5.94. The van der Waals surface area contributed by atoms with Crippen LogP contribution in [0.1, 0.15) is 30.1 Å². The van der Waals surface area contributed by atoms with E-state index in [4.69, 9.17) is 4.74 Å². The zero-order valence-electron chi connectivity index (χ0n) is 14.5. The normalized spacial score (nSPS) is 17.6. The molecule has 25 heavy (non-hydrogen) atoms. The maximum absolute atomic E-state index is 12.4. The van der Waals surface area contributed by atoms with Crippen LogP contribution in [-0.4, -0.2) is 60.1 Å². The molecular weight excluding hydrogens is 324 g/mol. The molecule has 7 heteroatoms. The lowest BCUT2D eigenvalue weighted by molar-refractivity contribution is -0.150. The number of carbonyl (C=O) groups is 3. The summed E-state index contributed by atoms with van der Waals surface area (Å²) in [5, 5.41) is 11.9. The number of aliphatic carboxylic acids is 1. The average molecular weight is 348 g/mol. The van der Waals surface area contributed by atoms with Crippen molar-refractivity contribution in [3.05, 3.63) is 35.9 Å². The fourth-order valence-electron chi connectivity index (χ4n) is 2.92. The van der Waals surface area contributed by atoms with Gasteiger partial charge < -0.3 is 20.1 Å². The summed E-state index contributed by atoms with van der Waals surface area (Å²) in [7, 11) is 1.39. The van der Waals surface area contributed by atoms with Gasteiger partial charge in [-0.25, -0.2) is 4.79 Å². The van der Waals surface area contributed by atoms with Gasteiger partial charge in [0.1, 0.15) is 0 Å². The molecule has 0 radical (unpaired) electrons. The Labute approximate surface area is 147 Å². The number of carbonyl (C=O) groups excluding carboxylic acids is 2. The summed E-state index contributed by atoms with van der Waals surface area (Å²) in [6, 6.07) is 9.02. The Balaban J connectivity index is 1.92. The summed E-state index contributed by atoms with van der Waals surface area (Å²) in [6.07, 6.45) is 1.01. The summed E-state index contributed by atoms with van der Waals surface area (Å²) >= 11 is 0. The molecule has 0 saturated carbocycles. The molecule has 1 unspecified atom stereocenters. The molecule has 1 aliphatic rings. The molecule has 0 aliphatic carbocycles. The van der Waals surface area contributed by atoms with Gasteiger partial charge in [-0.3, -0.25) is 9.59 Å². The first-order chi connectivity index (χ1) is 11.9. The number of carboxylic acid groups (broad SMARTS) is 1. The molecule has 0 aromatic heterocycles. The summed E-state index contributed by atoms with van der Waals surface area (Å²) in [5.41, 5.74) is -0.827. The second kappa shape index (κ2) is 8.11. The summed E-state index contributed by atoms with van der Waals surface area (Å²) in [6.45, 7) is 2.25. The van der Waals surface area contributed by atoms with Gasteiger partial charge in [0.2, 0.25) is 5.91 Å². The molecule has 2 rings (SSSR count). The van der Waals surface area contributed by atoms with E-state index in [0.717, 1.165) is 0 Å². The predicted molar refractivity (Wildman–Crippen MR) is 91.1 cm³/mol. The first kappa shape index (κ1) is 18.9. The highest BCUT2D eigenvalue weighted by Crippen LogP contribution is 2.20. The van der Waals surface area contributed by atoms with Gasteiger partial charge >= 0.3 is 5.97 Å². The van der Waals surface area contributed by atoms with E-state index in [1.54, 1.807) is 17.0 Å². The predicted octanol–water partition coefficient (Wildman–Crippen LogP) is 1.14. The number of hydrogen-bond acceptors (Lipinski definition) is 4. The fraction of sp³-hybridized carbons (Fsp3) is 0.500. The van der Waals surface area contributed by atoms with Crippen molar-refractivity contribution in [2.45, 2.75) is 25.3 Å². The highest BCUT2D eigenvalue weighted by atomic mass is 16.5. The van der Waals surface area contributed by atoms with Crippen molar-refractivity contribution in [2.24, 2.45) is 5.92 Å². The molecule has 1 aromatic rings. The van der Waals surface area contributed by atoms with Crippen LogP contribution >= 0.6 is 0 Å². The first-order valence-corrected chi connectivity index (χ1v) is 8.26. The highest BCUT2D eigenvalue weighted by Gasteiger charge is 2.37. The van der Waals surface area contributed by atoms with Gasteiger partial charge in [0, 0.05) is 31.7 Å². The molecule has 136 valence electrons. The number of benzene rings is 1. The monoisotopic (exact) mass is 348 g/mol. The molecule has 2 N–H and O–H groups in total. The number of hydrogen-bond donors (Lipinski definition) is 2. The minimum absolute atomic E-state index is 0.0470. The largest absolute Gasteiger partial charge is 0.479 e. The van der Waals surface area contributed by atoms with Gasteiger partial charge in [-0.2, -0.15) is 0 Å². The number of rotatable bonds is 6. The lowest BCUT2D eigenvalue weighted by Gasteiger charge is -2.33. The van der Waals surface area contributed by atoms with Crippen LogP contribution in [0, 0.1) is 5.92 Å². The maximum Gasteiger partial charge on any atom is 0.331 e. The summed E-state index contributed by atoms with van der Waals surface area (Å²) in [5.74, 6) is -1.81. The zero-order chi connectivity index (χ0) is 18.4. The number of carboxylic acids is 1. The molecule has 0 bridgehead atoms. The average Bonchev–Trinajstić information content (AvgIpc) is 2.62. The number of piperidine rings is 1. The van der Waals surface area contributed by atoms with Crippen molar-refractivity contribution in [3.63, 3.8) is 0 Å². The molecule has 0 spiro atoms. The fourth-order valence-corrected chi connectivity index (χ4v) is 2.92. The number of amides is 2. The van der Waals surface area contributed by atoms with Crippen LogP contribution in [0.25, 0.3) is 0 Å². The van der Waals surface area contributed by atoms with Crippen LogP contribution in [0.2, 0.25) is 0 Å². The van der Waals surface area contributed by atoms with E-state index in [2.05, 4.69) is 5.32 Å². The molecule has 1 aromatic carbocycles. The smallest absolute Gasteiger partial charge is 0.331 e. The van der Waals surface area contributed by atoms with Crippen LogP contribution in [0.5, 0.6) is 0 Å². The van der Waals surface area contributed by atoms with Crippen LogP contribution in [0.15, 0.2) is 30.3 Å². The number of nitrogens with one attached hydrogen (secondary N) is 1. The second-order valence-corrected chi connectivity index (χ2v) is 6.49. The van der Waals surface area contributed by atoms with E-state index >= 15 is 0 Å². The van der Waals surface area contributed by atoms with Gasteiger partial charge in [0.15, 0.2) is 5.54 Å². The molecule has 1 aliphatic heterocycles. The van der Waals surface area contributed by atoms with Crippen molar-refractivity contribution in [1.82, 2.24) is 10.2 Å². The Kier molecular flexibility index (Phi) is 6.14. The molecule has 1 saturated heterocycles. The number of likely N-dealkylation sites (tertiary alicyclic amines) is 1. The Morgan fingerprint density at radius 2 is 1.84 bits per heavy atom. The maximum atomic E-state index is 12.4. The number of methoxy groups -OCH3 is 1. The van der Waals surface area contributed by atoms with E-state index in [1.807, 2.05) is 18.2 Å². The third kappa shape index (κ3) is 4.57. The Hall–Kier alpha value is -2.41. The van der Waals surface area contributed by atoms with Crippen molar-refractivity contribution in [1.29, 1.82) is 0 Å². The topological polar surface area (TPSA) is 95.9 Å². The van der Waals surface area contributed by atoms with Crippen molar-refractivity contribution in [2.75, 3.05) is 26.8 Å². The Morgan fingerprint density at radius 3 is 2.36 bits per heavy atom. The molecular formula is C18H24N2O5. The quantitative estimate of drug-likeness (QED) is 0.804. The van der Waals surface area contributed by atoms with Crippen LogP contribution < -0.4 is 5.32 Å². The minimum atomic E-state index is -1.46.